The summed E-state index contributed by atoms with van der Waals surface area (Å²) < 4.78 is 4.77. The predicted molar refractivity (Wildman–Crippen MR) is 76.0 cm³/mol. The lowest BCUT2D eigenvalue weighted by atomic mass is 9.90. The Bertz CT molecular complexity index is 579. The third-order valence-electron chi connectivity index (χ3n) is 3.98. The molecular weight excluding hydrogens is 236 g/mol. The van der Waals surface area contributed by atoms with Gasteiger partial charge in [0.25, 0.3) is 0 Å². The number of carbonyl (C=O) groups is 1. The lowest BCUT2D eigenvalue weighted by Crippen LogP contribution is -2.02. The Hall–Kier alpha value is -1.83. The van der Waals surface area contributed by atoms with E-state index in [1.165, 1.54) is 55.1 Å². The molecule has 1 aromatic rings. The first-order valence-electron chi connectivity index (χ1n) is 6.91. The van der Waals surface area contributed by atoms with Gasteiger partial charge in [0.05, 0.1) is 12.7 Å². The van der Waals surface area contributed by atoms with Gasteiger partial charge in [0.1, 0.15) is 0 Å². The summed E-state index contributed by atoms with van der Waals surface area (Å²) in [5.41, 5.74) is 6.04. The summed E-state index contributed by atoms with van der Waals surface area (Å²) in [4.78, 5) is 11.5. The molecule has 0 atom stereocenters. The van der Waals surface area contributed by atoms with Gasteiger partial charge in [-0.05, 0) is 66.5 Å². The fraction of sp³-hybridized carbons (Fsp3) is 0.353. The molecule has 0 spiro atoms. The Morgan fingerprint density at radius 1 is 1.21 bits per heavy atom. The molecule has 19 heavy (non-hydrogen) atoms. The van der Waals surface area contributed by atoms with Crippen LogP contribution in [-0.4, -0.2) is 13.1 Å². The molecule has 2 nitrogen and oxygen atoms in total. The zero-order valence-electron chi connectivity index (χ0n) is 11.2. The summed E-state index contributed by atoms with van der Waals surface area (Å²) >= 11 is 0. The van der Waals surface area contributed by atoms with E-state index in [1.807, 2.05) is 12.1 Å². The summed E-state index contributed by atoms with van der Waals surface area (Å²) in [7, 11) is 1.42. The molecule has 0 radical (unpaired) electrons. The predicted octanol–water partition coefficient (Wildman–Crippen LogP) is 3.91. The van der Waals surface area contributed by atoms with Crippen LogP contribution in [0.2, 0.25) is 0 Å². The third kappa shape index (κ3) is 2.23. The number of benzene rings is 1. The number of allylic oxidation sites excluding steroid dienone is 4. The minimum absolute atomic E-state index is 0.256. The van der Waals surface area contributed by atoms with Gasteiger partial charge in [-0.2, -0.15) is 0 Å². The van der Waals surface area contributed by atoms with Crippen molar-refractivity contribution in [1.29, 1.82) is 0 Å². The van der Waals surface area contributed by atoms with Gasteiger partial charge in [-0.25, -0.2) is 4.79 Å². The molecule has 0 bridgehead atoms. The molecule has 0 unspecified atom stereocenters. The first-order valence-corrected chi connectivity index (χ1v) is 6.91. The molecule has 2 aliphatic rings. The number of hydrogen-bond acceptors (Lipinski definition) is 2. The summed E-state index contributed by atoms with van der Waals surface area (Å²) in [6.07, 6.45) is 10.6. The lowest BCUT2D eigenvalue weighted by Gasteiger charge is -2.15. The van der Waals surface area contributed by atoms with Crippen molar-refractivity contribution in [3.05, 3.63) is 52.6 Å². The number of hydrogen-bond donors (Lipinski definition) is 0. The highest BCUT2D eigenvalue weighted by molar-refractivity contribution is 5.92. The molecule has 0 saturated carbocycles. The summed E-state index contributed by atoms with van der Waals surface area (Å²) in [6, 6.07) is 5.90. The first kappa shape index (κ1) is 12.2. The van der Waals surface area contributed by atoms with Gasteiger partial charge in [0, 0.05) is 0 Å². The highest BCUT2D eigenvalue weighted by Gasteiger charge is 2.19. The maximum absolute atomic E-state index is 11.5. The van der Waals surface area contributed by atoms with Crippen molar-refractivity contribution in [1.82, 2.24) is 0 Å². The average Bonchev–Trinajstić information content (AvgIpc) is 2.90. The zero-order chi connectivity index (χ0) is 13.2. The molecule has 0 aliphatic heterocycles. The summed E-state index contributed by atoms with van der Waals surface area (Å²) in [6.45, 7) is 0. The molecule has 0 saturated heterocycles. The van der Waals surface area contributed by atoms with Gasteiger partial charge in [-0.15, -0.1) is 0 Å². The molecule has 98 valence electrons. The maximum atomic E-state index is 11.5. The molecule has 0 aromatic heterocycles. The summed E-state index contributed by atoms with van der Waals surface area (Å²) in [5.74, 6) is -0.256. The van der Waals surface area contributed by atoms with E-state index in [-0.39, 0.29) is 5.97 Å². The van der Waals surface area contributed by atoms with Crippen molar-refractivity contribution in [2.45, 2.75) is 32.1 Å². The monoisotopic (exact) mass is 254 g/mol. The van der Waals surface area contributed by atoms with Gasteiger partial charge in [-0.1, -0.05) is 18.2 Å². The van der Waals surface area contributed by atoms with Gasteiger partial charge >= 0.3 is 5.97 Å². The van der Waals surface area contributed by atoms with Crippen LogP contribution in [0.15, 0.2) is 35.9 Å². The number of fused-ring (bicyclic) bond motifs is 1. The number of rotatable bonds is 2. The van der Waals surface area contributed by atoms with Gasteiger partial charge in [0.15, 0.2) is 0 Å². The molecule has 0 heterocycles. The Kier molecular flexibility index (Phi) is 3.24. The Labute approximate surface area is 113 Å². The topological polar surface area (TPSA) is 26.3 Å². The minimum Gasteiger partial charge on any atom is -0.465 e. The van der Waals surface area contributed by atoms with E-state index in [1.54, 1.807) is 0 Å². The number of ether oxygens (including phenoxy) is 1. The second kappa shape index (κ2) is 5.04. The Morgan fingerprint density at radius 2 is 2.11 bits per heavy atom. The first-order chi connectivity index (χ1) is 9.29. The highest BCUT2D eigenvalue weighted by Crippen LogP contribution is 2.37. The van der Waals surface area contributed by atoms with Crippen LogP contribution in [0.4, 0.5) is 0 Å². The molecule has 0 N–H and O–H groups in total. The highest BCUT2D eigenvalue weighted by atomic mass is 16.5. The van der Waals surface area contributed by atoms with E-state index < -0.39 is 0 Å². The van der Waals surface area contributed by atoms with Crippen LogP contribution in [-0.2, 0) is 11.2 Å². The van der Waals surface area contributed by atoms with Crippen molar-refractivity contribution in [2.75, 3.05) is 7.11 Å². The van der Waals surface area contributed by atoms with Crippen LogP contribution in [0.5, 0.6) is 0 Å². The van der Waals surface area contributed by atoms with E-state index in [0.29, 0.717) is 5.56 Å². The van der Waals surface area contributed by atoms with Crippen molar-refractivity contribution >= 4 is 11.5 Å². The molecule has 2 heteroatoms. The normalized spacial score (nSPS) is 17.5. The van der Waals surface area contributed by atoms with E-state index in [4.69, 9.17) is 4.74 Å². The quantitative estimate of drug-likeness (QED) is 0.748. The molecule has 1 aromatic carbocycles. The largest absolute Gasteiger partial charge is 0.465 e. The zero-order valence-corrected chi connectivity index (χ0v) is 11.2. The van der Waals surface area contributed by atoms with E-state index >= 15 is 0 Å². The lowest BCUT2D eigenvalue weighted by molar-refractivity contribution is 0.0600. The molecule has 2 aliphatic carbocycles. The van der Waals surface area contributed by atoms with Crippen LogP contribution in [0, 0.1) is 0 Å². The Balaban J connectivity index is 1.92. The average molecular weight is 254 g/mol. The van der Waals surface area contributed by atoms with E-state index in [0.717, 1.165) is 6.42 Å². The SMILES string of the molecule is COC(=O)c1ccc2c(c1)CC=C2C1=CCCCC1. The fourth-order valence-electron chi connectivity index (χ4n) is 2.98. The van der Waals surface area contributed by atoms with Crippen LogP contribution in [0.25, 0.3) is 5.57 Å². The second-order valence-electron chi connectivity index (χ2n) is 5.16. The van der Waals surface area contributed by atoms with Gasteiger partial charge in [-0.3, -0.25) is 0 Å². The van der Waals surface area contributed by atoms with Crippen molar-refractivity contribution < 1.29 is 9.53 Å². The Morgan fingerprint density at radius 3 is 2.84 bits per heavy atom. The van der Waals surface area contributed by atoms with Crippen LogP contribution in [0.1, 0.15) is 47.2 Å². The summed E-state index contributed by atoms with van der Waals surface area (Å²) in [5, 5.41) is 0. The van der Waals surface area contributed by atoms with Crippen molar-refractivity contribution in [3.63, 3.8) is 0 Å². The van der Waals surface area contributed by atoms with Crippen molar-refractivity contribution in [3.8, 4) is 0 Å². The molecule has 3 rings (SSSR count). The third-order valence-corrected chi connectivity index (χ3v) is 3.98. The fourth-order valence-corrected chi connectivity index (χ4v) is 2.98. The van der Waals surface area contributed by atoms with Gasteiger partial charge < -0.3 is 4.74 Å². The van der Waals surface area contributed by atoms with E-state index in [9.17, 15) is 4.79 Å². The van der Waals surface area contributed by atoms with E-state index in [2.05, 4.69) is 18.2 Å². The maximum Gasteiger partial charge on any atom is 0.337 e. The number of methoxy groups -OCH3 is 1. The van der Waals surface area contributed by atoms with Crippen molar-refractivity contribution in [2.24, 2.45) is 0 Å². The van der Waals surface area contributed by atoms with Gasteiger partial charge in [0.2, 0.25) is 0 Å². The van der Waals surface area contributed by atoms with Crippen LogP contribution in [0.3, 0.4) is 0 Å². The minimum atomic E-state index is -0.256. The molecule has 0 fully saturated rings. The molecular formula is C17H18O2. The molecule has 0 amide bonds. The number of carbonyl (C=O) groups excluding carboxylic acids is 1. The number of esters is 1. The standard InChI is InChI=1S/C17H18O2/c1-19-17(18)14-8-10-16-13(11-14)7-9-15(16)12-5-3-2-4-6-12/h5,8-11H,2-4,6-7H2,1H3. The van der Waals surface area contributed by atoms with Crippen LogP contribution >= 0.6 is 0 Å². The smallest absolute Gasteiger partial charge is 0.337 e. The van der Waals surface area contributed by atoms with Crippen LogP contribution < -0.4 is 0 Å². The second-order valence-corrected chi connectivity index (χ2v) is 5.16.